The van der Waals surface area contributed by atoms with Gasteiger partial charge in [0, 0.05) is 29.3 Å². The van der Waals surface area contributed by atoms with Gasteiger partial charge >= 0.3 is 11.8 Å². The molecule has 55 heavy (non-hydrogen) atoms. The van der Waals surface area contributed by atoms with E-state index in [1.807, 2.05) is 42.5 Å². The second-order valence-corrected chi connectivity index (χ2v) is 13.0. The second-order valence-electron chi connectivity index (χ2n) is 13.0. The van der Waals surface area contributed by atoms with Crippen LogP contribution in [0.15, 0.2) is 119 Å². The number of para-hydroxylation sites is 1. The molecule has 0 radical (unpaired) electrons. The molecule has 3 N–H and O–H groups in total. The fourth-order valence-corrected chi connectivity index (χ4v) is 6.56. The highest BCUT2D eigenvalue weighted by Gasteiger charge is 2.47. The number of carbonyl (C=O) groups is 1. The molecular weight excluding hydrogens is 714 g/mol. The standard InChI is InChI=1S/C40H39N3O12/c1-24-21-42(38(47)41-36(24)46)37-35(45)34(44)33(55-37)23-53-40(26-9-5-4-6-10-26,27-13-17-29(51-3)18-14-27)28-15-19-30(20-16-28)54-39(48)52-22-25(2)31-11-7-8-12-32(31)43(49)50/h4-21,25,33-35,37,44-45H,22-23H2,1-3H3,(H,41,46,47)/t25?,33-,34?,35?,37-,40?/m1/s1. The van der Waals surface area contributed by atoms with Gasteiger partial charge in [0.05, 0.1) is 18.6 Å². The van der Waals surface area contributed by atoms with Crippen LogP contribution in [0.25, 0.3) is 0 Å². The molecule has 0 bridgehead atoms. The summed E-state index contributed by atoms with van der Waals surface area (Å²) in [7, 11) is 1.54. The lowest BCUT2D eigenvalue weighted by molar-refractivity contribution is -0.385. The number of ether oxygens (including phenoxy) is 5. The van der Waals surface area contributed by atoms with Crippen molar-refractivity contribution >= 4 is 11.8 Å². The van der Waals surface area contributed by atoms with Crippen LogP contribution in [0.5, 0.6) is 11.5 Å². The van der Waals surface area contributed by atoms with Crippen LogP contribution in [0.3, 0.4) is 0 Å². The Hall–Kier alpha value is -6.13. The van der Waals surface area contributed by atoms with E-state index in [0.717, 1.165) is 4.57 Å². The first-order valence-corrected chi connectivity index (χ1v) is 17.3. The zero-order valence-corrected chi connectivity index (χ0v) is 30.1. The molecule has 5 aromatic rings. The second kappa shape index (κ2) is 16.5. The highest BCUT2D eigenvalue weighted by Crippen LogP contribution is 2.43. The minimum absolute atomic E-state index is 0.0761. The van der Waals surface area contributed by atoms with E-state index in [2.05, 4.69) is 4.98 Å². The predicted octanol–water partition coefficient (Wildman–Crippen LogP) is 4.71. The maximum atomic E-state index is 12.7. The summed E-state index contributed by atoms with van der Waals surface area (Å²) >= 11 is 0. The summed E-state index contributed by atoms with van der Waals surface area (Å²) in [6, 6.07) is 29.1. The maximum absolute atomic E-state index is 12.7. The summed E-state index contributed by atoms with van der Waals surface area (Å²) in [4.78, 5) is 50.5. The molecule has 1 aromatic heterocycles. The molecule has 1 aliphatic rings. The van der Waals surface area contributed by atoms with Gasteiger partial charge in [-0.3, -0.25) is 24.5 Å². The number of aliphatic hydroxyl groups is 2. The molecule has 1 fully saturated rings. The van der Waals surface area contributed by atoms with E-state index in [0.29, 0.717) is 28.0 Å². The van der Waals surface area contributed by atoms with E-state index in [9.17, 15) is 34.7 Å². The molecule has 1 aliphatic heterocycles. The summed E-state index contributed by atoms with van der Waals surface area (Å²) in [6.07, 6.45) is -5.21. The van der Waals surface area contributed by atoms with Crippen molar-refractivity contribution in [1.29, 1.82) is 0 Å². The normalized spacial score (nSPS) is 19.6. The molecule has 4 unspecified atom stereocenters. The topological polar surface area (TPSA) is 202 Å². The largest absolute Gasteiger partial charge is 0.513 e. The number of nitro benzene ring substituents is 1. The van der Waals surface area contributed by atoms with Crippen LogP contribution in [0.2, 0.25) is 0 Å². The molecule has 286 valence electrons. The average molecular weight is 754 g/mol. The van der Waals surface area contributed by atoms with Crippen molar-refractivity contribution in [3.63, 3.8) is 0 Å². The fourth-order valence-electron chi connectivity index (χ4n) is 6.56. The van der Waals surface area contributed by atoms with Crippen molar-refractivity contribution in [3.8, 4) is 11.5 Å². The monoisotopic (exact) mass is 753 g/mol. The van der Waals surface area contributed by atoms with Gasteiger partial charge in [-0.2, -0.15) is 0 Å². The van der Waals surface area contributed by atoms with Crippen LogP contribution < -0.4 is 20.7 Å². The lowest BCUT2D eigenvalue weighted by atomic mass is 9.80. The average Bonchev–Trinajstić information content (AvgIpc) is 3.48. The van der Waals surface area contributed by atoms with Gasteiger partial charge < -0.3 is 33.9 Å². The Bertz CT molecular complexity index is 2240. The lowest BCUT2D eigenvalue weighted by Crippen LogP contribution is -2.40. The Balaban J connectivity index is 1.28. The van der Waals surface area contributed by atoms with Gasteiger partial charge in [0.1, 0.15) is 42.0 Å². The minimum Gasteiger partial charge on any atom is -0.497 e. The summed E-state index contributed by atoms with van der Waals surface area (Å²) < 4.78 is 30.0. The molecule has 4 aromatic carbocycles. The Morgan fingerprint density at radius 1 is 0.909 bits per heavy atom. The van der Waals surface area contributed by atoms with Gasteiger partial charge in [-0.15, -0.1) is 0 Å². The number of aliphatic hydroxyl groups excluding tert-OH is 2. The first kappa shape index (κ1) is 38.6. The Kier molecular flexibility index (Phi) is 11.6. The Labute approximate surface area is 314 Å². The smallest absolute Gasteiger partial charge is 0.497 e. The number of nitrogens with zero attached hydrogens (tertiary/aromatic N) is 2. The van der Waals surface area contributed by atoms with Gasteiger partial charge in [0.15, 0.2) is 6.23 Å². The van der Waals surface area contributed by atoms with Crippen LogP contribution in [0, 0.1) is 17.0 Å². The number of nitrogens with one attached hydrogen (secondary N) is 1. The van der Waals surface area contributed by atoms with Crippen molar-refractivity contribution in [2.24, 2.45) is 0 Å². The third kappa shape index (κ3) is 8.05. The molecule has 0 saturated carbocycles. The summed E-state index contributed by atoms with van der Waals surface area (Å²) in [5.41, 5.74) is -0.333. The third-order valence-electron chi connectivity index (χ3n) is 9.48. The number of hydrogen-bond acceptors (Lipinski definition) is 12. The minimum atomic E-state index is -1.54. The molecular formula is C40H39N3O12. The number of hydrogen-bond donors (Lipinski definition) is 3. The Morgan fingerprint density at radius 2 is 1.51 bits per heavy atom. The van der Waals surface area contributed by atoms with E-state index in [1.54, 1.807) is 68.6 Å². The van der Waals surface area contributed by atoms with Crippen molar-refractivity contribution in [3.05, 3.63) is 168 Å². The SMILES string of the molecule is COc1ccc(C(OC[C@H]2O[C@@H](n3cc(C)c(=O)[nH]c3=O)C(O)C2O)(c2ccccc2)c2ccc(OC(=O)OCC(C)c3ccccc3[N+](=O)[O-])cc2)cc1. The van der Waals surface area contributed by atoms with E-state index in [1.165, 1.54) is 19.2 Å². The number of methoxy groups -OCH3 is 1. The molecule has 0 aliphatic carbocycles. The number of aromatic nitrogens is 2. The summed E-state index contributed by atoms with van der Waals surface area (Å²) in [6.45, 7) is 2.76. The maximum Gasteiger partial charge on any atom is 0.513 e. The van der Waals surface area contributed by atoms with Crippen molar-refractivity contribution in [1.82, 2.24) is 9.55 Å². The first-order valence-electron chi connectivity index (χ1n) is 17.3. The van der Waals surface area contributed by atoms with E-state index >= 15 is 0 Å². The number of aromatic amines is 1. The van der Waals surface area contributed by atoms with Gasteiger partial charge in [-0.1, -0.05) is 79.7 Å². The first-order chi connectivity index (χ1) is 26.4. The van der Waals surface area contributed by atoms with Crippen LogP contribution in [0.4, 0.5) is 10.5 Å². The van der Waals surface area contributed by atoms with E-state index in [-0.39, 0.29) is 30.2 Å². The number of nitro groups is 1. The predicted molar refractivity (Wildman–Crippen MR) is 197 cm³/mol. The third-order valence-corrected chi connectivity index (χ3v) is 9.48. The Morgan fingerprint density at radius 3 is 2.15 bits per heavy atom. The molecule has 6 atom stereocenters. The number of benzene rings is 4. The molecule has 15 heteroatoms. The zero-order valence-electron chi connectivity index (χ0n) is 30.1. The van der Waals surface area contributed by atoms with Crippen molar-refractivity contribution in [2.45, 2.75) is 49.9 Å². The molecule has 0 spiro atoms. The quantitative estimate of drug-likeness (QED) is 0.0492. The molecule has 0 amide bonds. The van der Waals surface area contributed by atoms with Gasteiger partial charge in [-0.25, -0.2) is 9.59 Å². The van der Waals surface area contributed by atoms with E-state index < -0.39 is 58.4 Å². The highest BCUT2D eigenvalue weighted by molar-refractivity contribution is 5.64. The number of carbonyl (C=O) groups excluding carboxylic acids is 1. The summed E-state index contributed by atoms with van der Waals surface area (Å²) in [5, 5.41) is 33.6. The van der Waals surface area contributed by atoms with Crippen LogP contribution in [0.1, 0.15) is 46.9 Å². The van der Waals surface area contributed by atoms with Crippen LogP contribution in [-0.4, -0.2) is 69.5 Å². The fraction of sp³-hybridized carbons (Fsp3) is 0.275. The number of rotatable bonds is 13. The van der Waals surface area contributed by atoms with E-state index in [4.69, 9.17) is 23.7 Å². The summed E-state index contributed by atoms with van der Waals surface area (Å²) in [5.74, 6) is 0.252. The van der Waals surface area contributed by atoms with Gasteiger partial charge in [0.2, 0.25) is 0 Å². The van der Waals surface area contributed by atoms with Gasteiger partial charge in [0.25, 0.3) is 11.2 Å². The molecule has 2 heterocycles. The molecule has 1 saturated heterocycles. The molecule has 6 rings (SSSR count). The van der Waals surface area contributed by atoms with Crippen LogP contribution >= 0.6 is 0 Å². The zero-order chi connectivity index (χ0) is 39.3. The van der Waals surface area contributed by atoms with Crippen LogP contribution in [-0.2, 0) is 19.8 Å². The lowest BCUT2D eigenvalue weighted by Gasteiger charge is -2.37. The van der Waals surface area contributed by atoms with Crippen molar-refractivity contribution < 1.29 is 43.6 Å². The van der Waals surface area contributed by atoms with Gasteiger partial charge in [-0.05, 0) is 47.9 Å². The number of H-pyrrole nitrogens is 1. The highest BCUT2D eigenvalue weighted by atomic mass is 16.7. The number of aryl methyl sites for hydroxylation is 1. The van der Waals surface area contributed by atoms with Crippen molar-refractivity contribution in [2.75, 3.05) is 20.3 Å². The molecule has 15 nitrogen and oxygen atoms in total.